The van der Waals surface area contributed by atoms with Gasteiger partial charge in [-0.25, -0.2) is 8.78 Å². The quantitative estimate of drug-likeness (QED) is 0.450. The van der Waals surface area contributed by atoms with Crippen molar-refractivity contribution >= 4 is 13.8 Å². The molecule has 4 nitrogen and oxygen atoms in total. The lowest BCUT2D eigenvalue weighted by molar-refractivity contribution is -0.110. The summed E-state index contributed by atoms with van der Waals surface area (Å²) in [5.74, 6) is -1.85. The van der Waals surface area contributed by atoms with Crippen molar-refractivity contribution < 1.29 is 23.0 Å². The second kappa shape index (κ2) is 5.26. The Morgan fingerprint density at radius 2 is 2.30 bits per heavy atom. The van der Waals surface area contributed by atoms with E-state index < -0.39 is 30.5 Å². The van der Waals surface area contributed by atoms with E-state index in [9.17, 15) is 23.0 Å². The Hall–Kier alpha value is -1.26. The van der Waals surface area contributed by atoms with Gasteiger partial charge in [0.2, 0.25) is 13.8 Å². The van der Waals surface area contributed by atoms with Gasteiger partial charge in [0.15, 0.2) is 0 Å². The van der Waals surface area contributed by atoms with Crippen molar-refractivity contribution in [1.82, 2.24) is 5.32 Å². The minimum Gasteiger partial charge on any atom is -0.344 e. The molecule has 3 atom stereocenters. The molecule has 0 spiro atoms. The molecule has 0 aromatic rings. The smallest absolute Gasteiger partial charge is 0.230 e. The molecule has 0 aliphatic heterocycles. The van der Waals surface area contributed by atoms with Crippen molar-refractivity contribution in [1.29, 1.82) is 0 Å². The van der Waals surface area contributed by atoms with Crippen LogP contribution in [0.1, 0.15) is 19.3 Å². The Bertz CT molecular complexity index is 558. The first-order chi connectivity index (χ1) is 9.38. The number of amides is 1. The van der Waals surface area contributed by atoms with Gasteiger partial charge in [0.25, 0.3) is 0 Å². The van der Waals surface area contributed by atoms with Crippen LogP contribution in [0.25, 0.3) is 0 Å². The van der Waals surface area contributed by atoms with Gasteiger partial charge in [-0.3, -0.25) is 9.36 Å². The van der Waals surface area contributed by atoms with Crippen molar-refractivity contribution in [3.63, 3.8) is 0 Å². The summed E-state index contributed by atoms with van der Waals surface area (Å²) in [5.41, 5.74) is -0.358. The summed E-state index contributed by atoms with van der Waals surface area (Å²) in [6, 6.07) is 0. The molecule has 1 fully saturated rings. The number of halogens is 2. The average Bonchev–Trinajstić information content (AvgIpc) is 3.10. The van der Waals surface area contributed by atoms with E-state index in [0.29, 0.717) is 6.41 Å². The maximum Gasteiger partial charge on any atom is 0.230 e. The fraction of sp³-hybridized carbons (Fsp3) is 0.462. The Morgan fingerprint density at radius 3 is 2.80 bits per heavy atom. The molecule has 0 bridgehead atoms. The van der Waals surface area contributed by atoms with Gasteiger partial charge in [-0.2, -0.15) is 0 Å². The van der Waals surface area contributed by atoms with E-state index in [-0.39, 0.29) is 30.8 Å². The third-order valence-corrected chi connectivity index (χ3v) is 6.51. The largest absolute Gasteiger partial charge is 0.344 e. The fourth-order valence-electron chi connectivity index (χ4n) is 2.57. The highest BCUT2D eigenvalue weighted by Gasteiger charge is 2.64. The van der Waals surface area contributed by atoms with Crippen LogP contribution in [0, 0.1) is 5.92 Å². The lowest BCUT2D eigenvalue weighted by atomic mass is 10.1. The molecule has 2 aliphatic rings. The highest BCUT2D eigenvalue weighted by Crippen LogP contribution is 2.70. The van der Waals surface area contributed by atoms with Crippen molar-refractivity contribution in [3.8, 4) is 0 Å². The van der Waals surface area contributed by atoms with E-state index in [0.717, 1.165) is 0 Å². The lowest BCUT2D eigenvalue weighted by Crippen LogP contribution is -2.33. The summed E-state index contributed by atoms with van der Waals surface area (Å²) in [7, 11) is -4.01. The van der Waals surface area contributed by atoms with E-state index >= 15 is 0 Å². The second-order valence-corrected chi connectivity index (χ2v) is 7.58. The standard InChI is InChI=1S/C13H16F2NO3P/c1-2-9-6-13(9,16-8-17)20(18,19)7-10-11(14)4-3-5-12(10)15/h2,4,8-9H,1,3,5-7H2,(H,16,17)(H,18,19)/t9?,13-/m0/s1. The van der Waals surface area contributed by atoms with Gasteiger partial charge in [-0.1, -0.05) is 6.08 Å². The molecule has 0 radical (unpaired) electrons. The van der Waals surface area contributed by atoms with E-state index in [1.165, 1.54) is 12.2 Å². The Balaban J connectivity index is 2.27. The third kappa shape index (κ3) is 2.38. The first-order valence-corrected chi connectivity index (χ1v) is 8.12. The van der Waals surface area contributed by atoms with Gasteiger partial charge in [0, 0.05) is 17.9 Å². The van der Waals surface area contributed by atoms with E-state index in [4.69, 9.17) is 0 Å². The number of carbonyl (C=O) groups is 1. The second-order valence-electron chi connectivity index (χ2n) is 5.07. The zero-order valence-electron chi connectivity index (χ0n) is 10.8. The molecule has 0 aromatic heterocycles. The van der Waals surface area contributed by atoms with Crippen LogP contribution < -0.4 is 5.32 Å². The molecular formula is C13H16F2NO3P. The van der Waals surface area contributed by atoms with Crippen LogP contribution in [0.15, 0.2) is 36.0 Å². The summed E-state index contributed by atoms with van der Waals surface area (Å²) in [6.45, 7) is 3.53. The number of hydrogen-bond donors (Lipinski definition) is 2. The Kier molecular flexibility index (Phi) is 3.98. The van der Waals surface area contributed by atoms with Gasteiger partial charge in [-0.05, 0) is 18.9 Å². The molecule has 0 heterocycles. The van der Waals surface area contributed by atoms with Gasteiger partial charge in [0.1, 0.15) is 16.9 Å². The Labute approximate surface area is 115 Å². The summed E-state index contributed by atoms with van der Waals surface area (Å²) in [4.78, 5) is 20.9. The Morgan fingerprint density at radius 1 is 1.60 bits per heavy atom. The lowest BCUT2D eigenvalue weighted by Gasteiger charge is -2.25. The molecular weight excluding hydrogens is 287 g/mol. The summed E-state index contributed by atoms with van der Waals surface area (Å²) in [6.07, 6.45) is 2.92. The fourth-order valence-corrected chi connectivity index (χ4v) is 4.96. The zero-order valence-corrected chi connectivity index (χ0v) is 11.7. The van der Waals surface area contributed by atoms with Crippen molar-refractivity contribution in [2.45, 2.75) is 24.5 Å². The average molecular weight is 303 g/mol. The van der Waals surface area contributed by atoms with Crippen LogP contribution in [0.4, 0.5) is 8.78 Å². The highest BCUT2D eigenvalue weighted by atomic mass is 31.2. The van der Waals surface area contributed by atoms with E-state index in [1.54, 1.807) is 0 Å². The highest BCUT2D eigenvalue weighted by molar-refractivity contribution is 7.60. The molecule has 0 saturated heterocycles. The minimum absolute atomic E-state index is 0.0295. The van der Waals surface area contributed by atoms with Crippen molar-refractivity contribution in [2.24, 2.45) is 5.92 Å². The predicted molar refractivity (Wildman–Crippen MR) is 71.5 cm³/mol. The van der Waals surface area contributed by atoms with Crippen LogP contribution >= 0.6 is 7.37 Å². The minimum atomic E-state index is -4.01. The number of allylic oxidation sites excluding steroid dienone is 4. The number of hydrogen-bond acceptors (Lipinski definition) is 2. The molecule has 2 unspecified atom stereocenters. The first kappa shape index (κ1) is 15.1. The molecule has 7 heteroatoms. The van der Waals surface area contributed by atoms with Gasteiger partial charge < -0.3 is 10.2 Å². The van der Waals surface area contributed by atoms with Crippen LogP contribution in [-0.2, 0) is 9.36 Å². The maximum absolute atomic E-state index is 13.7. The normalized spacial score (nSPS) is 32.1. The zero-order chi connectivity index (χ0) is 15.0. The van der Waals surface area contributed by atoms with Gasteiger partial charge in [-0.15, -0.1) is 6.58 Å². The molecule has 20 heavy (non-hydrogen) atoms. The maximum atomic E-state index is 13.7. The first-order valence-electron chi connectivity index (χ1n) is 6.27. The van der Waals surface area contributed by atoms with Gasteiger partial charge in [0.05, 0.1) is 6.16 Å². The number of rotatable bonds is 6. The topological polar surface area (TPSA) is 66.4 Å². The van der Waals surface area contributed by atoms with Crippen LogP contribution in [0.5, 0.6) is 0 Å². The van der Waals surface area contributed by atoms with Crippen LogP contribution in [0.2, 0.25) is 0 Å². The molecule has 110 valence electrons. The van der Waals surface area contributed by atoms with Crippen molar-refractivity contribution in [2.75, 3.05) is 6.16 Å². The van der Waals surface area contributed by atoms with Crippen molar-refractivity contribution in [3.05, 3.63) is 36.0 Å². The molecule has 1 saturated carbocycles. The SMILES string of the molecule is C=CC1C[C@]1(NC=O)P(=O)(O)CC1=C(F)CCC=C1F. The van der Waals surface area contributed by atoms with Gasteiger partial charge >= 0.3 is 0 Å². The summed E-state index contributed by atoms with van der Waals surface area (Å²) in [5, 5.41) is 1.01. The third-order valence-electron chi connectivity index (χ3n) is 3.88. The molecule has 2 rings (SSSR count). The summed E-state index contributed by atoms with van der Waals surface area (Å²) >= 11 is 0. The molecule has 2 aliphatic carbocycles. The predicted octanol–water partition coefficient (Wildman–Crippen LogP) is 2.78. The van der Waals surface area contributed by atoms with Crippen LogP contribution in [-0.4, -0.2) is 22.7 Å². The van der Waals surface area contributed by atoms with Crippen LogP contribution in [0.3, 0.4) is 0 Å². The monoisotopic (exact) mass is 303 g/mol. The molecule has 1 amide bonds. The van der Waals surface area contributed by atoms with E-state index in [2.05, 4.69) is 11.9 Å². The number of nitrogens with one attached hydrogen (secondary N) is 1. The number of carbonyl (C=O) groups excluding carboxylic acids is 1. The summed E-state index contributed by atoms with van der Waals surface area (Å²) < 4.78 is 39.8. The molecule has 0 aromatic carbocycles. The molecule has 2 N–H and O–H groups in total. The van der Waals surface area contributed by atoms with E-state index in [1.807, 2.05) is 0 Å².